The van der Waals surface area contributed by atoms with E-state index in [1.807, 2.05) is 0 Å². The lowest BCUT2D eigenvalue weighted by Crippen LogP contribution is -2.19. The van der Waals surface area contributed by atoms with Gasteiger partial charge in [0.1, 0.15) is 5.82 Å². The Bertz CT molecular complexity index is 316. The summed E-state index contributed by atoms with van der Waals surface area (Å²) in [6, 6.07) is 4.23. The second-order valence-electron chi connectivity index (χ2n) is 2.11. The lowest BCUT2D eigenvalue weighted by atomic mass is 10.3. The van der Waals surface area contributed by atoms with E-state index < -0.39 is 0 Å². The first-order valence-corrected chi connectivity index (χ1v) is 4.31. The third-order valence-corrected chi connectivity index (χ3v) is 1.98. The molecule has 1 aromatic carbocycles. The summed E-state index contributed by atoms with van der Waals surface area (Å²) in [5.74, 6) is -0.336. The third-order valence-electron chi connectivity index (χ3n) is 1.19. The van der Waals surface area contributed by atoms with Gasteiger partial charge in [0.2, 0.25) is 0 Å². The van der Waals surface area contributed by atoms with Crippen LogP contribution >= 0.6 is 28.1 Å². The van der Waals surface area contributed by atoms with Crippen molar-refractivity contribution in [1.29, 1.82) is 0 Å². The zero-order valence-electron chi connectivity index (χ0n) is 5.97. The first kappa shape index (κ1) is 9.41. The molecule has 2 nitrogen and oxygen atoms in total. The molecule has 0 heterocycles. The second kappa shape index (κ2) is 3.82. The average Bonchev–Trinajstić information content (AvgIpc) is 1.96. The van der Waals surface area contributed by atoms with Crippen LogP contribution in [0.3, 0.4) is 0 Å². The van der Waals surface area contributed by atoms with Crippen molar-refractivity contribution in [2.75, 3.05) is 5.32 Å². The highest BCUT2D eigenvalue weighted by atomic mass is 79.9. The van der Waals surface area contributed by atoms with Gasteiger partial charge in [0, 0.05) is 4.47 Å². The summed E-state index contributed by atoms with van der Waals surface area (Å²) in [5.41, 5.74) is 5.75. The Morgan fingerprint density at radius 3 is 2.83 bits per heavy atom. The summed E-state index contributed by atoms with van der Waals surface area (Å²) in [6.07, 6.45) is 0. The fraction of sp³-hybridized carbons (Fsp3) is 0. The number of hydrogen-bond acceptors (Lipinski definition) is 1. The molecule has 64 valence electrons. The standard InChI is InChI=1S/C7H6BrFN2S/c8-5-2-1-4(9)3-6(5)11-7(10)12/h1-3H,(H3,10,11,12). The van der Waals surface area contributed by atoms with E-state index in [1.165, 1.54) is 12.1 Å². The number of nitrogens with two attached hydrogens (primary N) is 1. The molecule has 0 aliphatic carbocycles. The van der Waals surface area contributed by atoms with Crippen molar-refractivity contribution in [1.82, 2.24) is 0 Å². The van der Waals surface area contributed by atoms with E-state index in [0.29, 0.717) is 5.69 Å². The summed E-state index contributed by atoms with van der Waals surface area (Å²) in [6.45, 7) is 0. The Balaban J connectivity index is 2.97. The normalized spacial score (nSPS) is 9.50. The molecule has 0 fully saturated rings. The largest absolute Gasteiger partial charge is 0.376 e. The first-order chi connectivity index (χ1) is 5.59. The van der Waals surface area contributed by atoms with Crippen LogP contribution in [-0.4, -0.2) is 5.11 Å². The monoisotopic (exact) mass is 248 g/mol. The topological polar surface area (TPSA) is 38.0 Å². The van der Waals surface area contributed by atoms with E-state index in [-0.39, 0.29) is 10.9 Å². The Labute approximate surface area is 83.1 Å². The van der Waals surface area contributed by atoms with Gasteiger partial charge in [-0.3, -0.25) is 0 Å². The number of rotatable bonds is 1. The number of benzene rings is 1. The van der Waals surface area contributed by atoms with Gasteiger partial charge in [-0.15, -0.1) is 0 Å². The van der Waals surface area contributed by atoms with Crippen LogP contribution in [0.5, 0.6) is 0 Å². The minimum atomic E-state index is -0.336. The van der Waals surface area contributed by atoms with Crippen LogP contribution in [0, 0.1) is 5.82 Å². The van der Waals surface area contributed by atoms with E-state index in [4.69, 9.17) is 5.73 Å². The lowest BCUT2D eigenvalue weighted by Gasteiger charge is -2.05. The summed E-state index contributed by atoms with van der Waals surface area (Å²) in [5, 5.41) is 2.75. The van der Waals surface area contributed by atoms with Crippen molar-refractivity contribution in [2.45, 2.75) is 0 Å². The van der Waals surface area contributed by atoms with E-state index >= 15 is 0 Å². The predicted molar refractivity (Wildman–Crippen MR) is 54.5 cm³/mol. The van der Waals surface area contributed by atoms with Gasteiger partial charge >= 0.3 is 0 Å². The predicted octanol–water partition coefficient (Wildman–Crippen LogP) is 2.24. The van der Waals surface area contributed by atoms with Gasteiger partial charge in [-0.2, -0.15) is 0 Å². The molecule has 0 bridgehead atoms. The van der Waals surface area contributed by atoms with Crippen LogP contribution in [0.4, 0.5) is 10.1 Å². The molecule has 0 aliphatic rings. The van der Waals surface area contributed by atoms with Crippen molar-refractivity contribution in [3.05, 3.63) is 28.5 Å². The Kier molecular flexibility index (Phi) is 2.99. The molecule has 0 saturated heterocycles. The minimum Gasteiger partial charge on any atom is -0.376 e. The molecule has 0 atom stereocenters. The number of thiocarbonyl (C=S) groups is 1. The summed E-state index contributed by atoms with van der Waals surface area (Å²) in [7, 11) is 0. The van der Waals surface area contributed by atoms with Gasteiger partial charge in [-0.25, -0.2) is 4.39 Å². The molecule has 0 amide bonds. The van der Waals surface area contributed by atoms with Crippen LogP contribution < -0.4 is 11.1 Å². The zero-order valence-corrected chi connectivity index (χ0v) is 8.38. The minimum absolute atomic E-state index is 0.112. The van der Waals surface area contributed by atoms with Gasteiger partial charge in [0.05, 0.1) is 5.69 Å². The lowest BCUT2D eigenvalue weighted by molar-refractivity contribution is 0.628. The summed E-state index contributed by atoms with van der Waals surface area (Å²) in [4.78, 5) is 0. The number of hydrogen-bond donors (Lipinski definition) is 2. The second-order valence-corrected chi connectivity index (χ2v) is 3.41. The van der Waals surface area contributed by atoms with E-state index in [1.54, 1.807) is 6.07 Å². The van der Waals surface area contributed by atoms with Gasteiger partial charge < -0.3 is 11.1 Å². The molecule has 5 heteroatoms. The molecule has 0 aromatic heterocycles. The quantitative estimate of drug-likeness (QED) is 0.749. The van der Waals surface area contributed by atoms with E-state index in [0.717, 1.165) is 4.47 Å². The molecule has 0 aliphatic heterocycles. The van der Waals surface area contributed by atoms with E-state index in [9.17, 15) is 4.39 Å². The van der Waals surface area contributed by atoms with Gasteiger partial charge in [-0.1, -0.05) is 0 Å². The highest BCUT2D eigenvalue weighted by molar-refractivity contribution is 9.10. The molecular formula is C7H6BrFN2S. The van der Waals surface area contributed by atoms with E-state index in [2.05, 4.69) is 33.5 Å². The number of nitrogens with one attached hydrogen (secondary N) is 1. The van der Waals surface area contributed by atoms with Crippen molar-refractivity contribution in [3.8, 4) is 0 Å². The molecule has 1 aromatic rings. The van der Waals surface area contributed by atoms with Gasteiger partial charge in [-0.05, 0) is 46.3 Å². The van der Waals surface area contributed by atoms with Crippen LogP contribution in [0.15, 0.2) is 22.7 Å². The smallest absolute Gasteiger partial charge is 0.168 e. The maximum Gasteiger partial charge on any atom is 0.168 e. The Morgan fingerprint density at radius 1 is 1.58 bits per heavy atom. The molecule has 0 unspecified atom stereocenters. The van der Waals surface area contributed by atoms with Crippen LogP contribution in [0.25, 0.3) is 0 Å². The third kappa shape index (κ3) is 2.42. The highest BCUT2D eigenvalue weighted by Gasteiger charge is 2.00. The Hall–Kier alpha value is -0.680. The van der Waals surface area contributed by atoms with Crippen molar-refractivity contribution in [3.63, 3.8) is 0 Å². The Morgan fingerprint density at radius 2 is 2.25 bits per heavy atom. The fourth-order valence-corrected chi connectivity index (χ4v) is 1.18. The summed E-state index contributed by atoms with van der Waals surface area (Å²) >= 11 is 7.82. The van der Waals surface area contributed by atoms with Crippen molar-refractivity contribution in [2.24, 2.45) is 5.73 Å². The molecule has 1 rings (SSSR count). The molecule has 12 heavy (non-hydrogen) atoms. The maximum atomic E-state index is 12.7. The van der Waals surface area contributed by atoms with Gasteiger partial charge in [0.15, 0.2) is 5.11 Å². The molecular weight excluding hydrogens is 243 g/mol. The maximum absolute atomic E-state index is 12.7. The zero-order chi connectivity index (χ0) is 9.14. The molecule has 0 saturated carbocycles. The number of halogens is 2. The molecule has 3 N–H and O–H groups in total. The van der Waals surface area contributed by atoms with Crippen molar-refractivity contribution >= 4 is 38.9 Å². The molecule has 0 spiro atoms. The van der Waals surface area contributed by atoms with Crippen molar-refractivity contribution < 1.29 is 4.39 Å². The first-order valence-electron chi connectivity index (χ1n) is 3.11. The fourth-order valence-electron chi connectivity index (χ4n) is 0.726. The van der Waals surface area contributed by atoms with Crippen LogP contribution in [0.2, 0.25) is 0 Å². The van der Waals surface area contributed by atoms with Gasteiger partial charge in [0.25, 0.3) is 0 Å². The summed E-state index contributed by atoms with van der Waals surface area (Å²) < 4.78 is 13.4. The number of anilines is 1. The molecule has 0 radical (unpaired) electrons. The SMILES string of the molecule is NC(=S)Nc1cc(F)ccc1Br. The average molecular weight is 249 g/mol. The van der Waals surface area contributed by atoms with Crippen LogP contribution in [0.1, 0.15) is 0 Å². The van der Waals surface area contributed by atoms with Crippen LogP contribution in [-0.2, 0) is 0 Å². The highest BCUT2D eigenvalue weighted by Crippen LogP contribution is 2.22.